The summed E-state index contributed by atoms with van der Waals surface area (Å²) in [5.41, 5.74) is 0.439. The van der Waals surface area contributed by atoms with Crippen molar-refractivity contribution in [1.82, 2.24) is 5.32 Å². The smallest absolute Gasteiger partial charge is 0.320 e. The van der Waals surface area contributed by atoms with E-state index in [0.29, 0.717) is 5.41 Å². The minimum atomic E-state index is -0.684. The SMILES string of the molecule is Cl.O=C(O)C1CC2(CCN1)CC2. The Kier molecular flexibility index (Phi) is 2.64. The Morgan fingerprint density at radius 3 is 2.58 bits per heavy atom. The van der Waals surface area contributed by atoms with E-state index >= 15 is 0 Å². The standard InChI is InChI=1S/C8H13NO2.ClH/c10-7(11)6-5-8(1-2-8)3-4-9-6;/h6,9H,1-5H2,(H,10,11);1H. The van der Waals surface area contributed by atoms with Crippen molar-refractivity contribution in [3.63, 3.8) is 0 Å². The molecule has 0 aromatic rings. The molecule has 4 heteroatoms. The van der Waals surface area contributed by atoms with Gasteiger partial charge in [-0.25, -0.2) is 0 Å². The topological polar surface area (TPSA) is 49.3 Å². The van der Waals surface area contributed by atoms with Crippen LogP contribution in [0, 0.1) is 5.41 Å². The van der Waals surface area contributed by atoms with Gasteiger partial charge in [-0.2, -0.15) is 0 Å². The van der Waals surface area contributed by atoms with Crippen molar-refractivity contribution < 1.29 is 9.90 Å². The number of carbonyl (C=O) groups is 1. The highest BCUT2D eigenvalue weighted by Crippen LogP contribution is 2.53. The van der Waals surface area contributed by atoms with Crippen molar-refractivity contribution in [2.24, 2.45) is 5.41 Å². The molecular weight excluding hydrogens is 178 g/mol. The van der Waals surface area contributed by atoms with E-state index in [1.165, 1.54) is 19.3 Å². The Labute approximate surface area is 77.9 Å². The van der Waals surface area contributed by atoms with Gasteiger partial charge in [0.1, 0.15) is 6.04 Å². The monoisotopic (exact) mass is 191 g/mol. The molecule has 0 aromatic carbocycles. The molecule has 0 bridgehead atoms. The molecule has 70 valence electrons. The number of carboxylic acids is 1. The third-order valence-corrected chi connectivity index (χ3v) is 2.94. The molecule has 3 nitrogen and oxygen atoms in total. The lowest BCUT2D eigenvalue weighted by Gasteiger charge is -2.27. The molecule has 1 unspecified atom stereocenters. The first-order valence-corrected chi connectivity index (χ1v) is 4.18. The summed E-state index contributed by atoms with van der Waals surface area (Å²) >= 11 is 0. The molecule has 2 fully saturated rings. The summed E-state index contributed by atoms with van der Waals surface area (Å²) in [5.74, 6) is -0.684. The Morgan fingerprint density at radius 1 is 1.42 bits per heavy atom. The lowest BCUT2D eigenvalue weighted by atomic mass is 9.89. The highest BCUT2D eigenvalue weighted by molar-refractivity contribution is 5.85. The summed E-state index contributed by atoms with van der Waals surface area (Å²) in [6.07, 6.45) is 4.52. The largest absolute Gasteiger partial charge is 0.480 e. The van der Waals surface area contributed by atoms with Crippen LogP contribution in [0.1, 0.15) is 25.7 Å². The van der Waals surface area contributed by atoms with E-state index in [1.54, 1.807) is 0 Å². The molecule has 2 rings (SSSR count). The van der Waals surface area contributed by atoms with Gasteiger partial charge in [-0.3, -0.25) is 4.79 Å². The summed E-state index contributed by atoms with van der Waals surface area (Å²) in [6.45, 7) is 0.886. The van der Waals surface area contributed by atoms with Gasteiger partial charge in [0.05, 0.1) is 0 Å². The Morgan fingerprint density at radius 2 is 2.08 bits per heavy atom. The number of hydrogen-bond donors (Lipinski definition) is 2. The zero-order chi connectivity index (χ0) is 7.90. The first-order valence-electron chi connectivity index (χ1n) is 4.18. The first-order chi connectivity index (χ1) is 5.22. The van der Waals surface area contributed by atoms with Crippen LogP contribution in [-0.4, -0.2) is 23.7 Å². The highest BCUT2D eigenvalue weighted by atomic mass is 35.5. The second-order valence-electron chi connectivity index (χ2n) is 3.80. The van der Waals surface area contributed by atoms with E-state index in [4.69, 9.17) is 5.11 Å². The summed E-state index contributed by atoms with van der Waals surface area (Å²) in [5, 5.41) is 11.8. The number of nitrogens with one attached hydrogen (secondary N) is 1. The Hall–Kier alpha value is -0.280. The van der Waals surface area contributed by atoms with Crippen LogP contribution in [0.5, 0.6) is 0 Å². The number of piperidine rings is 1. The van der Waals surface area contributed by atoms with Crippen molar-refractivity contribution in [3.05, 3.63) is 0 Å². The maximum Gasteiger partial charge on any atom is 0.320 e. The zero-order valence-corrected chi connectivity index (χ0v) is 7.69. The fourth-order valence-electron chi connectivity index (χ4n) is 1.92. The average molecular weight is 192 g/mol. The number of rotatable bonds is 1. The van der Waals surface area contributed by atoms with Crippen LogP contribution < -0.4 is 5.32 Å². The molecule has 12 heavy (non-hydrogen) atoms. The lowest BCUT2D eigenvalue weighted by molar-refractivity contribution is -0.140. The fraction of sp³-hybridized carbons (Fsp3) is 0.875. The molecule has 0 radical (unpaired) electrons. The van der Waals surface area contributed by atoms with Crippen molar-refractivity contribution in [2.75, 3.05) is 6.54 Å². The molecular formula is C8H14ClNO2. The van der Waals surface area contributed by atoms with Gasteiger partial charge in [0, 0.05) is 0 Å². The Bertz CT molecular complexity index is 191. The van der Waals surface area contributed by atoms with Crippen molar-refractivity contribution in [2.45, 2.75) is 31.7 Å². The van der Waals surface area contributed by atoms with Crippen LogP contribution in [0.15, 0.2) is 0 Å². The lowest BCUT2D eigenvalue weighted by Crippen LogP contribution is -2.44. The molecule has 1 spiro atoms. The van der Waals surface area contributed by atoms with E-state index in [9.17, 15) is 4.79 Å². The summed E-state index contributed by atoms with van der Waals surface area (Å²) in [6, 6.07) is -0.272. The van der Waals surface area contributed by atoms with Crippen LogP contribution in [-0.2, 0) is 4.79 Å². The van der Waals surface area contributed by atoms with Gasteiger partial charge in [-0.15, -0.1) is 12.4 Å². The molecule has 2 N–H and O–H groups in total. The molecule has 0 aromatic heterocycles. The van der Waals surface area contributed by atoms with Crippen LogP contribution >= 0.6 is 12.4 Å². The molecule has 1 aliphatic heterocycles. The number of carboxylic acid groups (broad SMARTS) is 1. The molecule has 2 aliphatic rings. The van der Waals surface area contributed by atoms with E-state index in [2.05, 4.69) is 5.32 Å². The van der Waals surface area contributed by atoms with Crippen LogP contribution in [0.3, 0.4) is 0 Å². The van der Waals surface area contributed by atoms with E-state index in [-0.39, 0.29) is 18.4 Å². The van der Waals surface area contributed by atoms with Crippen LogP contribution in [0.25, 0.3) is 0 Å². The maximum absolute atomic E-state index is 10.6. The summed E-state index contributed by atoms with van der Waals surface area (Å²) < 4.78 is 0. The van der Waals surface area contributed by atoms with Gasteiger partial charge in [0.25, 0.3) is 0 Å². The summed E-state index contributed by atoms with van der Waals surface area (Å²) in [7, 11) is 0. The van der Waals surface area contributed by atoms with Gasteiger partial charge < -0.3 is 10.4 Å². The number of halogens is 1. The van der Waals surface area contributed by atoms with E-state index < -0.39 is 5.97 Å². The highest BCUT2D eigenvalue weighted by Gasteiger charge is 2.47. The minimum Gasteiger partial charge on any atom is -0.480 e. The third kappa shape index (κ3) is 1.72. The van der Waals surface area contributed by atoms with Crippen molar-refractivity contribution >= 4 is 18.4 Å². The predicted molar refractivity (Wildman–Crippen MR) is 47.6 cm³/mol. The third-order valence-electron chi connectivity index (χ3n) is 2.94. The van der Waals surface area contributed by atoms with Gasteiger partial charge in [0.15, 0.2) is 0 Å². The van der Waals surface area contributed by atoms with E-state index in [1.807, 2.05) is 0 Å². The normalized spacial score (nSPS) is 30.8. The van der Waals surface area contributed by atoms with Gasteiger partial charge >= 0.3 is 5.97 Å². The van der Waals surface area contributed by atoms with Crippen molar-refractivity contribution in [1.29, 1.82) is 0 Å². The molecule has 0 amide bonds. The maximum atomic E-state index is 10.6. The van der Waals surface area contributed by atoms with Crippen LogP contribution in [0.2, 0.25) is 0 Å². The first kappa shape index (κ1) is 9.81. The van der Waals surface area contributed by atoms with Gasteiger partial charge in [0.2, 0.25) is 0 Å². The quantitative estimate of drug-likeness (QED) is 0.651. The molecule has 1 saturated heterocycles. The Balaban J connectivity index is 0.000000720. The average Bonchev–Trinajstić information content (AvgIpc) is 2.69. The van der Waals surface area contributed by atoms with Gasteiger partial charge in [-0.1, -0.05) is 0 Å². The molecule has 1 aliphatic carbocycles. The second kappa shape index (κ2) is 3.23. The zero-order valence-electron chi connectivity index (χ0n) is 6.88. The summed E-state index contributed by atoms with van der Waals surface area (Å²) in [4.78, 5) is 10.6. The fourth-order valence-corrected chi connectivity index (χ4v) is 1.92. The predicted octanol–water partition coefficient (Wildman–Crippen LogP) is 1.02. The van der Waals surface area contributed by atoms with E-state index in [0.717, 1.165) is 13.0 Å². The van der Waals surface area contributed by atoms with Crippen molar-refractivity contribution in [3.8, 4) is 0 Å². The van der Waals surface area contributed by atoms with Gasteiger partial charge in [-0.05, 0) is 37.6 Å². The second-order valence-corrected chi connectivity index (χ2v) is 3.80. The molecule has 1 saturated carbocycles. The van der Waals surface area contributed by atoms with Crippen LogP contribution in [0.4, 0.5) is 0 Å². The molecule has 1 atom stereocenters. The number of hydrogen-bond acceptors (Lipinski definition) is 2. The molecule has 1 heterocycles. The number of aliphatic carboxylic acids is 1. The minimum absolute atomic E-state index is 0.